The number of hydrogen-bond donors (Lipinski definition) is 1. The molecule has 0 spiro atoms. The lowest BCUT2D eigenvalue weighted by Crippen LogP contribution is -2.04. The molecule has 0 aliphatic rings. The standard InChI is InChI=1S/C15H13FN2O/c16-13-5-6-15(12(9-13)10-17)19-8-7-11-3-1-2-4-14(11)18/h1-6,9H,7-8,18H2. The van der Waals surface area contributed by atoms with Crippen molar-refractivity contribution in [3.8, 4) is 11.8 Å². The Hall–Kier alpha value is -2.54. The van der Waals surface area contributed by atoms with Crippen LogP contribution in [0, 0.1) is 17.1 Å². The van der Waals surface area contributed by atoms with Gasteiger partial charge in [-0.2, -0.15) is 5.26 Å². The van der Waals surface area contributed by atoms with Gasteiger partial charge in [0, 0.05) is 12.1 Å². The molecule has 0 radical (unpaired) electrons. The van der Waals surface area contributed by atoms with Crippen molar-refractivity contribution < 1.29 is 9.13 Å². The summed E-state index contributed by atoms with van der Waals surface area (Å²) in [5.41, 5.74) is 7.72. The molecule has 0 unspecified atom stereocenters. The van der Waals surface area contributed by atoms with E-state index in [9.17, 15) is 4.39 Å². The average molecular weight is 256 g/mol. The average Bonchev–Trinajstić information content (AvgIpc) is 2.42. The molecule has 2 aromatic rings. The zero-order valence-corrected chi connectivity index (χ0v) is 10.3. The maximum atomic E-state index is 13.0. The fourth-order valence-corrected chi connectivity index (χ4v) is 1.75. The van der Waals surface area contributed by atoms with Gasteiger partial charge in [-0.15, -0.1) is 0 Å². The van der Waals surface area contributed by atoms with Crippen molar-refractivity contribution in [2.45, 2.75) is 6.42 Å². The third-order valence-electron chi connectivity index (χ3n) is 2.75. The van der Waals surface area contributed by atoms with Crippen LogP contribution in [0.1, 0.15) is 11.1 Å². The quantitative estimate of drug-likeness (QED) is 0.856. The number of nitrogen functional groups attached to an aromatic ring is 1. The van der Waals surface area contributed by atoms with Gasteiger partial charge in [0.2, 0.25) is 0 Å². The zero-order valence-electron chi connectivity index (χ0n) is 10.3. The van der Waals surface area contributed by atoms with Gasteiger partial charge in [-0.25, -0.2) is 4.39 Å². The maximum Gasteiger partial charge on any atom is 0.137 e. The van der Waals surface area contributed by atoms with Crippen LogP contribution in [0.15, 0.2) is 42.5 Å². The Morgan fingerprint density at radius 1 is 1.21 bits per heavy atom. The van der Waals surface area contributed by atoms with Crippen LogP contribution in [-0.2, 0) is 6.42 Å². The van der Waals surface area contributed by atoms with Crippen LogP contribution >= 0.6 is 0 Å². The first-order valence-electron chi connectivity index (χ1n) is 5.86. The summed E-state index contributed by atoms with van der Waals surface area (Å²) in [5.74, 6) is -0.0605. The lowest BCUT2D eigenvalue weighted by molar-refractivity contribution is 0.320. The Bertz CT molecular complexity index is 620. The molecule has 0 bridgehead atoms. The molecule has 19 heavy (non-hydrogen) atoms. The lowest BCUT2D eigenvalue weighted by atomic mass is 10.1. The minimum Gasteiger partial charge on any atom is -0.492 e. The molecule has 0 aliphatic heterocycles. The smallest absolute Gasteiger partial charge is 0.137 e. The number of ether oxygens (including phenoxy) is 1. The van der Waals surface area contributed by atoms with E-state index in [0.717, 1.165) is 11.6 Å². The first kappa shape index (κ1) is 12.9. The zero-order chi connectivity index (χ0) is 13.7. The number of anilines is 1. The highest BCUT2D eigenvalue weighted by Crippen LogP contribution is 2.19. The molecule has 96 valence electrons. The van der Waals surface area contributed by atoms with Crippen LogP contribution in [-0.4, -0.2) is 6.61 Å². The SMILES string of the molecule is N#Cc1cc(F)ccc1OCCc1ccccc1N. The Morgan fingerprint density at radius 2 is 2.00 bits per heavy atom. The predicted octanol–water partition coefficient (Wildman–Crippen LogP) is 2.90. The molecular weight excluding hydrogens is 243 g/mol. The molecule has 0 fully saturated rings. The summed E-state index contributed by atoms with van der Waals surface area (Å²) >= 11 is 0. The third-order valence-corrected chi connectivity index (χ3v) is 2.75. The van der Waals surface area contributed by atoms with Crippen LogP contribution in [0.3, 0.4) is 0 Å². The van der Waals surface area contributed by atoms with Crippen LogP contribution < -0.4 is 10.5 Å². The number of nitriles is 1. The summed E-state index contributed by atoms with van der Waals surface area (Å²) in [7, 11) is 0. The van der Waals surface area contributed by atoms with Gasteiger partial charge in [0.05, 0.1) is 12.2 Å². The van der Waals surface area contributed by atoms with Gasteiger partial charge in [0.1, 0.15) is 17.6 Å². The summed E-state index contributed by atoms with van der Waals surface area (Å²) in [4.78, 5) is 0. The van der Waals surface area contributed by atoms with Crippen molar-refractivity contribution in [2.24, 2.45) is 0 Å². The molecule has 3 nitrogen and oxygen atoms in total. The second-order valence-corrected chi connectivity index (χ2v) is 4.05. The van der Waals surface area contributed by atoms with E-state index in [4.69, 9.17) is 15.7 Å². The normalized spacial score (nSPS) is 9.89. The number of para-hydroxylation sites is 1. The van der Waals surface area contributed by atoms with Gasteiger partial charge in [-0.1, -0.05) is 18.2 Å². The summed E-state index contributed by atoms with van der Waals surface area (Å²) in [6, 6.07) is 13.3. The monoisotopic (exact) mass is 256 g/mol. The van der Waals surface area contributed by atoms with E-state index in [0.29, 0.717) is 24.5 Å². The Labute approximate surface area is 111 Å². The Balaban J connectivity index is 2.01. The number of nitrogens with zero attached hydrogens (tertiary/aromatic N) is 1. The number of rotatable bonds is 4. The van der Waals surface area contributed by atoms with Crippen molar-refractivity contribution in [3.63, 3.8) is 0 Å². The minimum absolute atomic E-state index is 0.195. The van der Waals surface area contributed by atoms with E-state index in [1.807, 2.05) is 30.3 Å². The van der Waals surface area contributed by atoms with Crippen LogP contribution in [0.25, 0.3) is 0 Å². The highest BCUT2D eigenvalue weighted by Gasteiger charge is 2.05. The van der Waals surface area contributed by atoms with Gasteiger partial charge in [-0.3, -0.25) is 0 Å². The molecular formula is C15H13FN2O. The van der Waals surface area contributed by atoms with E-state index in [1.54, 1.807) is 0 Å². The molecule has 4 heteroatoms. The number of halogens is 1. The van der Waals surface area contributed by atoms with Crippen molar-refractivity contribution in [1.82, 2.24) is 0 Å². The molecule has 0 atom stereocenters. The minimum atomic E-state index is -0.448. The lowest BCUT2D eigenvalue weighted by Gasteiger charge is -2.09. The molecule has 2 N–H and O–H groups in total. The number of benzene rings is 2. The third kappa shape index (κ3) is 3.23. The molecule has 2 aromatic carbocycles. The first-order valence-corrected chi connectivity index (χ1v) is 5.86. The van der Waals surface area contributed by atoms with Gasteiger partial charge in [0.25, 0.3) is 0 Å². The van der Waals surface area contributed by atoms with Gasteiger partial charge < -0.3 is 10.5 Å². The summed E-state index contributed by atoms with van der Waals surface area (Å²) in [6.07, 6.45) is 0.634. The van der Waals surface area contributed by atoms with Crippen molar-refractivity contribution >= 4 is 5.69 Å². The van der Waals surface area contributed by atoms with E-state index in [2.05, 4.69) is 0 Å². The van der Waals surface area contributed by atoms with Crippen molar-refractivity contribution in [3.05, 3.63) is 59.4 Å². The first-order chi connectivity index (χ1) is 9.20. The summed E-state index contributed by atoms with van der Waals surface area (Å²) < 4.78 is 18.4. The Kier molecular flexibility index (Phi) is 3.99. The number of nitrogens with two attached hydrogens (primary N) is 1. The highest BCUT2D eigenvalue weighted by molar-refractivity contribution is 5.46. The topological polar surface area (TPSA) is 59.0 Å². The van der Waals surface area contributed by atoms with E-state index in [1.165, 1.54) is 12.1 Å². The van der Waals surface area contributed by atoms with Gasteiger partial charge in [-0.05, 0) is 29.8 Å². The second-order valence-electron chi connectivity index (χ2n) is 4.05. The van der Waals surface area contributed by atoms with Gasteiger partial charge >= 0.3 is 0 Å². The maximum absolute atomic E-state index is 13.0. The molecule has 0 saturated carbocycles. The molecule has 0 amide bonds. The molecule has 2 rings (SSSR count). The molecule has 0 aromatic heterocycles. The largest absolute Gasteiger partial charge is 0.492 e. The van der Waals surface area contributed by atoms with E-state index < -0.39 is 5.82 Å². The van der Waals surface area contributed by atoms with Crippen LogP contribution in [0.5, 0.6) is 5.75 Å². The van der Waals surface area contributed by atoms with Crippen molar-refractivity contribution in [2.75, 3.05) is 12.3 Å². The molecule has 0 saturated heterocycles. The van der Waals surface area contributed by atoms with Crippen molar-refractivity contribution in [1.29, 1.82) is 5.26 Å². The van der Waals surface area contributed by atoms with Gasteiger partial charge in [0.15, 0.2) is 0 Å². The number of hydrogen-bond acceptors (Lipinski definition) is 3. The fourth-order valence-electron chi connectivity index (χ4n) is 1.75. The molecule has 0 aliphatic carbocycles. The van der Waals surface area contributed by atoms with E-state index in [-0.39, 0.29) is 5.56 Å². The van der Waals surface area contributed by atoms with E-state index >= 15 is 0 Å². The second kappa shape index (κ2) is 5.87. The Morgan fingerprint density at radius 3 is 2.74 bits per heavy atom. The van der Waals surface area contributed by atoms with Crippen LogP contribution in [0.4, 0.5) is 10.1 Å². The summed E-state index contributed by atoms with van der Waals surface area (Å²) in [6.45, 7) is 0.383. The predicted molar refractivity (Wildman–Crippen MR) is 71.2 cm³/mol. The fraction of sp³-hybridized carbons (Fsp3) is 0.133. The highest BCUT2D eigenvalue weighted by atomic mass is 19.1. The summed E-state index contributed by atoms with van der Waals surface area (Å²) in [5, 5.41) is 8.89. The van der Waals surface area contributed by atoms with Crippen LogP contribution in [0.2, 0.25) is 0 Å². The molecule has 0 heterocycles.